The summed E-state index contributed by atoms with van der Waals surface area (Å²) in [5.74, 6) is 0.782. The Morgan fingerprint density at radius 3 is 2.80 bits per heavy atom. The summed E-state index contributed by atoms with van der Waals surface area (Å²) in [7, 11) is 0. The van der Waals surface area contributed by atoms with Crippen LogP contribution in [0.3, 0.4) is 0 Å². The van der Waals surface area contributed by atoms with Crippen LogP contribution in [0.1, 0.15) is 56.1 Å². The number of halogens is 1. The van der Waals surface area contributed by atoms with E-state index < -0.39 is 0 Å². The lowest BCUT2D eigenvalue weighted by Crippen LogP contribution is -2.35. The first kappa shape index (κ1) is 14.2. The van der Waals surface area contributed by atoms with Gasteiger partial charge in [0.05, 0.1) is 18.9 Å². The van der Waals surface area contributed by atoms with E-state index in [0.29, 0.717) is 25.0 Å². The van der Waals surface area contributed by atoms with E-state index in [1.165, 1.54) is 19.3 Å². The SMILES string of the molecule is CCOC1(c2nc(Cl)c3c(n2)CCOC3)CCCCC1. The van der Waals surface area contributed by atoms with Crippen molar-refractivity contribution >= 4 is 11.6 Å². The first-order chi connectivity index (χ1) is 9.75. The van der Waals surface area contributed by atoms with Gasteiger partial charge in [-0.3, -0.25) is 0 Å². The Bertz CT molecular complexity index is 481. The van der Waals surface area contributed by atoms with E-state index >= 15 is 0 Å². The molecule has 0 unspecified atom stereocenters. The van der Waals surface area contributed by atoms with Crippen molar-refractivity contribution in [1.82, 2.24) is 9.97 Å². The van der Waals surface area contributed by atoms with Gasteiger partial charge in [0.1, 0.15) is 10.8 Å². The van der Waals surface area contributed by atoms with Gasteiger partial charge in [-0.05, 0) is 19.8 Å². The van der Waals surface area contributed by atoms with E-state index in [-0.39, 0.29) is 5.60 Å². The maximum atomic E-state index is 6.34. The molecule has 1 aromatic rings. The molecule has 110 valence electrons. The Morgan fingerprint density at radius 1 is 1.25 bits per heavy atom. The molecule has 4 nitrogen and oxygen atoms in total. The fourth-order valence-electron chi connectivity index (χ4n) is 3.23. The van der Waals surface area contributed by atoms with Crippen LogP contribution < -0.4 is 0 Å². The van der Waals surface area contributed by atoms with Crippen LogP contribution in [0.4, 0.5) is 0 Å². The van der Waals surface area contributed by atoms with Gasteiger partial charge in [-0.15, -0.1) is 0 Å². The molecular formula is C15H21ClN2O2. The van der Waals surface area contributed by atoms with Crippen LogP contribution in [0.2, 0.25) is 5.15 Å². The summed E-state index contributed by atoms with van der Waals surface area (Å²) in [5.41, 5.74) is 1.66. The highest BCUT2D eigenvalue weighted by atomic mass is 35.5. The van der Waals surface area contributed by atoms with Crippen molar-refractivity contribution in [3.63, 3.8) is 0 Å². The molecule has 0 amide bonds. The van der Waals surface area contributed by atoms with Crippen LogP contribution in [0.25, 0.3) is 0 Å². The minimum atomic E-state index is -0.329. The Morgan fingerprint density at radius 2 is 2.05 bits per heavy atom. The lowest BCUT2D eigenvalue weighted by atomic mass is 9.83. The Balaban J connectivity index is 2.00. The average molecular weight is 297 g/mol. The molecule has 2 aliphatic rings. The van der Waals surface area contributed by atoms with Gasteiger partial charge >= 0.3 is 0 Å². The smallest absolute Gasteiger partial charge is 0.162 e. The average Bonchev–Trinajstić information content (AvgIpc) is 2.48. The fraction of sp³-hybridized carbons (Fsp3) is 0.733. The zero-order valence-corrected chi connectivity index (χ0v) is 12.7. The standard InChI is InChI=1S/C15H21ClN2O2/c1-2-20-15(7-4-3-5-8-15)14-17-12-6-9-19-10-11(12)13(16)18-14/h2-10H2,1H3. The van der Waals surface area contributed by atoms with Gasteiger partial charge in [-0.25, -0.2) is 9.97 Å². The molecule has 1 aromatic heterocycles. The van der Waals surface area contributed by atoms with E-state index in [9.17, 15) is 0 Å². The van der Waals surface area contributed by atoms with Crippen LogP contribution in [-0.4, -0.2) is 23.2 Å². The van der Waals surface area contributed by atoms with Crippen molar-refractivity contribution in [3.8, 4) is 0 Å². The minimum absolute atomic E-state index is 0.329. The van der Waals surface area contributed by atoms with Crippen molar-refractivity contribution in [1.29, 1.82) is 0 Å². The maximum absolute atomic E-state index is 6.34. The Kier molecular flexibility index (Phi) is 4.24. The molecule has 0 saturated heterocycles. The zero-order chi connectivity index (χ0) is 14.0. The zero-order valence-electron chi connectivity index (χ0n) is 12.0. The summed E-state index contributed by atoms with van der Waals surface area (Å²) >= 11 is 6.34. The highest BCUT2D eigenvalue weighted by Crippen LogP contribution is 2.40. The maximum Gasteiger partial charge on any atom is 0.162 e. The largest absolute Gasteiger partial charge is 0.376 e. The van der Waals surface area contributed by atoms with Crippen molar-refractivity contribution in [2.24, 2.45) is 0 Å². The molecular weight excluding hydrogens is 276 g/mol. The van der Waals surface area contributed by atoms with Crippen LogP contribution in [0, 0.1) is 0 Å². The number of hydrogen-bond donors (Lipinski definition) is 0. The van der Waals surface area contributed by atoms with Gasteiger partial charge < -0.3 is 9.47 Å². The van der Waals surface area contributed by atoms with Crippen molar-refractivity contribution in [2.45, 2.75) is 57.7 Å². The van der Waals surface area contributed by atoms with Gasteiger partial charge in [-0.2, -0.15) is 0 Å². The second kappa shape index (κ2) is 5.96. The van der Waals surface area contributed by atoms with Crippen molar-refractivity contribution < 1.29 is 9.47 Å². The summed E-state index contributed by atoms with van der Waals surface area (Å²) in [6.07, 6.45) is 6.40. The third-order valence-corrected chi connectivity index (χ3v) is 4.57. The molecule has 0 atom stereocenters. The molecule has 0 N–H and O–H groups in total. The van der Waals surface area contributed by atoms with Crippen LogP contribution in [0.15, 0.2) is 0 Å². The summed E-state index contributed by atoms with van der Waals surface area (Å²) in [5, 5.41) is 0.536. The molecule has 0 aromatic carbocycles. The molecule has 1 saturated carbocycles. The third kappa shape index (κ3) is 2.57. The molecule has 1 aliphatic heterocycles. The normalized spacial score (nSPS) is 21.5. The second-order valence-electron chi connectivity index (χ2n) is 5.55. The molecule has 1 fully saturated rings. The second-order valence-corrected chi connectivity index (χ2v) is 5.91. The van der Waals surface area contributed by atoms with Crippen LogP contribution in [-0.2, 0) is 28.1 Å². The number of aromatic nitrogens is 2. The predicted octanol–water partition coefficient (Wildman–Crippen LogP) is 3.40. The van der Waals surface area contributed by atoms with E-state index in [4.69, 9.17) is 26.1 Å². The summed E-state index contributed by atoms with van der Waals surface area (Å²) < 4.78 is 11.5. The van der Waals surface area contributed by atoms with Gasteiger partial charge in [0.2, 0.25) is 0 Å². The topological polar surface area (TPSA) is 44.2 Å². The molecule has 0 spiro atoms. The third-order valence-electron chi connectivity index (χ3n) is 4.26. The molecule has 0 radical (unpaired) electrons. The van der Waals surface area contributed by atoms with Gasteiger partial charge in [0.25, 0.3) is 0 Å². The lowest BCUT2D eigenvalue weighted by Gasteiger charge is -2.36. The fourth-order valence-corrected chi connectivity index (χ4v) is 3.47. The van der Waals surface area contributed by atoms with Crippen LogP contribution >= 0.6 is 11.6 Å². The van der Waals surface area contributed by atoms with Crippen molar-refractivity contribution in [3.05, 3.63) is 22.2 Å². The van der Waals surface area contributed by atoms with E-state index in [1.54, 1.807) is 0 Å². The molecule has 0 bridgehead atoms. The molecule has 1 aliphatic carbocycles. The quantitative estimate of drug-likeness (QED) is 0.802. The summed E-state index contributed by atoms with van der Waals surface area (Å²) in [6, 6.07) is 0. The van der Waals surface area contributed by atoms with Gasteiger partial charge in [0.15, 0.2) is 5.82 Å². The molecule has 3 rings (SSSR count). The van der Waals surface area contributed by atoms with E-state index in [0.717, 1.165) is 36.3 Å². The lowest BCUT2D eigenvalue weighted by molar-refractivity contribution is -0.0770. The summed E-state index contributed by atoms with van der Waals surface area (Å²) in [4.78, 5) is 9.34. The molecule has 20 heavy (non-hydrogen) atoms. The highest BCUT2D eigenvalue weighted by molar-refractivity contribution is 6.30. The number of nitrogens with zero attached hydrogens (tertiary/aromatic N) is 2. The summed E-state index contributed by atoms with van der Waals surface area (Å²) in [6.45, 7) is 3.95. The number of fused-ring (bicyclic) bond motifs is 1. The number of rotatable bonds is 3. The highest BCUT2D eigenvalue weighted by Gasteiger charge is 2.38. The van der Waals surface area contributed by atoms with E-state index in [2.05, 4.69) is 4.98 Å². The first-order valence-electron chi connectivity index (χ1n) is 7.52. The first-order valence-corrected chi connectivity index (χ1v) is 7.90. The Hall–Kier alpha value is -0.710. The Labute approximate surface area is 124 Å². The minimum Gasteiger partial charge on any atom is -0.376 e. The predicted molar refractivity (Wildman–Crippen MR) is 76.8 cm³/mol. The number of hydrogen-bond acceptors (Lipinski definition) is 4. The monoisotopic (exact) mass is 296 g/mol. The molecule has 5 heteroatoms. The van der Waals surface area contributed by atoms with Gasteiger partial charge in [-0.1, -0.05) is 30.9 Å². The number of ether oxygens (including phenoxy) is 2. The van der Waals surface area contributed by atoms with Crippen LogP contribution in [0.5, 0.6) is 0 Å². The molecule has 2 heterocycles. The van der Waals surface area contributed by atoms with Crippen molar-refractivity contribution in [2.75, 3.05) is 13.2 Å². The van der Waals surface area contributed by atoms with E-state index in [1.807, 2.05) is 6.92 Å². The van der Waals surface area contributed by atoms with Gasteiger partial charge in [0, 0.05) is 18.6 Å².